The first kappa shape index (κ1) is 13.0. The number of rotatable bonds is 6. The lowest BCUT2D eigenvalue weighted by Gasteiger charge is -2.16. The van der Waals surface area contributed by atoms with Gasteiger partial charge in [0.05, 0.1) is 0 Å². The number of phenols is 1. The van der Waals surface area contributed by atoms with E-state index in [2.05, 4.69) is 31.2 Å². The molecule has 3 heteroatoms. The van der Waals surface area contributed by atoms with E-state index in [1.807, 2.05) is 18.2 Å². The molecule has 0 aliphatic carbocycles. The quantitative estimate of drug-likeness (QED) is 0.723. The summed E-state index contributed by atoms with van der Waals surface area (Å²) in [5.41, 5.74) is 0.965. The van der Waals surface area contributed by atoms with Gasteiger partial charge in [0.2, 0.25) is 0 Å². The van der Waals surface area contributed by atoms with Crippen LogP contribution >= 0.6 is 0 Å². The predicted octanol–water partition coefficient (Wildman–Crippen LogP) is 1.99. The van der Waals surface area contributed by atoms with Crippen molar-refractivity contribution in [3.05, 3.63) is 29.8 Å². The van der Waals surface area contributed by atoms with Crippen molar-refractivity contribution < 1.29 is 5.11 Å². The van der Waals surface area contributed by atoms with Crippen LogP contribution in [0, 0.1) is 0 Å². The molecular weight excluding hydrogens is 200 g/mol. The van der Waals surface area contributed by atoms with Crippen LogP contribution in [0.15, 0.2) is 24.3 Å². The van der Waals surface area contributed by atoms with Gasteiger partial charge in [-0.3, -0.25) is 0 Å². The smallest absolute Gasteiger partial charge is 0.120 e. The molecule has 1 atom stereocenters. The summed E-state index contributed by atoms with van der Waals surface area (Å²) in [6.45, 7) is 4.12. The maximum Gasteiger partial charge on any atom is 0.120 e. The van der Waals surface area contributed by atoms with Gasteiger partial charge in [-0.25, -0.2) is 0 Å². The van der Waals surface area contributed by atoms with Gasteiger partial charge in [0.1, 0.15) is 5.75 Å². The molecule has 90 valence electrons. The van der Waals surface area contributed by atoms with E-state index in [-0.39, 0.29) is 6.04 Å². The van der Waals surface area contributed by atoms with Crippen molar-refractivity contribution in [1.82, 2.24) is 10.2 Å². The first-order valence-corrected chi connectivity index (χ1v) is 5.77. The molecule has 0 unspecified atom stereocenters. The zero-order chi connectivity index (χ0) is 12.0. The van der Waals surface area contributed by atoms with Gasteiger partial charge in [-0.1, -0.05) is 18.2 Å². The Morgan fingerprint density at radius 2 is 2.00 bits per heavy atom. The van der Waals surface area contributed by atoms with Crippen LogP contribution in [0.3, 0.4) is 0 Å². The maximum absolute atomic E-state index is 9.68. The van der Waals surface area contributed by atoms with E-state index in [0.717, 1.165) is 25.1 Å². The van der Waals surface area contributed by atoms with Crippen LogP contribution < -0.4 is 5.32 Å². The highest BCUT2D eigenvalue weighted by atomic mass is 16.3. The molecule has 0 aromatic heterocycles. The highest BCUT2D eigenvalue weighted by molar-refractivity contribution is 5.33. The van der Waals surface area contributed by atoms with Gasteiger partial charge < -0.3 is 15.3 Å². The molecule has 0 radical (unpaired) electrons. The molecule has 0 bridgehead atoms. The van der Waals surface area contributed by atoms with Gasteiger partial charge in [-0.05, 0) is 46.6 Å². The topological polar surface area (TPSA) is 35.5 Å². The Bertz CT molecular complexity index is 313. The van der Waals surface area contributed by atoms with E-state index in [9.17, 15) is 5.11 Å². The second-order valence-electron chi connectivity index (χ2n) is 4.39. The largest absolute Gasteiger partial charge is 0.508 e. The zero-order valence-electron chi connectivity index (χ0n) is 10.4. The summed E-state index contributed by atoms with van der Waals surface area (Å²) < 4.78 is 0. The lowest BCUT2D eigenvalue weighted by Crippen LogP contribution is -2.23. The molecule has 0 aliphatic heterocycles. The summed E-state index contributed by atoms with van der Waals surface area (Å²) >= 11 is 0. The van der Waals surface area contributed by atoms with E-state index in [0.29, 0.717) is 5.75 Å². The summed E-state index contributed by atoms with van der Waals surface area (Å²) in [5, 5.41) is 13.1. The molecule has 0 saturated carbocycles. The van der Waals surface area contributed by atoms with Gasteiger partial charge >= 0.3 is 0 Å². The van der Waals surface area contributed by atoms with Crippen molar-refractivity contribution in [3.63, 3.8) is 0 Å². The normalized spacial score (nSPS) is 13.0. The predicted molar refractivity (Wildman–Crippen MR) is 67.7 cm³/mol. The molecule has 0 amide bonds. The minimum atomic E-state index is 0.198. The first-order chi connectivity index (χ1) is 7.61. The number of para-hydroxylation sites is 1. The van der Waals surface area contributed by atoms with E-state index in [4.69, 9.17) is 0 Å². The first-order valence-electron chi connectivity index (χ1n) is 5.77. The van der Waals surface area contributed by atoms with E-state index in [1.54, 1.807) is 6.07 Å². The lowest BCUT2D eigenvalue weighted by atomic mass is 10.1. The minimum absolute atomic E-state index is 0.198. The number of aromatic hydroxyl groups is 1. The Labute approximate surface area is 98.1 Å². The Balaban J connectivity index is 2.35. The van der Waals surface area contributed by atoms with Crippen LogP contribution in [-0.2, 0) is 0 Å². The summed E-state index contributed by atoms with van der Waals surface area (Å²) in [5.74, 6) is 0.370. The highest BCUT2D eigenvalue weighted by Crippen LogP contribution is 2.22. The lowest BCUT2D eigenvalue weighted by molar-refractivity contribution is 0.387. The Morgan fingerprint density at radius 3 is 2.62 bits per heavy atom. The molecule has 1 aromatic rings. The van der Waals surface area contributed by atoms with Crippen LogP contribution in [0.1, 0.15) is 24.9 Å². The van der Waals surface area contributed by atoms with Crippen LogP contribution in [-0.4, -0.2) is 37.2 Å². The summed E-state index contributed by atoms with van der Waals surface area (Å²) in [4.78, 5) is 2.17. The summed E-state index contributed by atoms with van der Waals surface area (Å²) in [7, 11) is 4.15. The Kier molecular flexibility index (Phi) is 5.29. The fourth-order valence-electron chi connectivity index (χ4n) is 1.68. The summed E-state index contributed by atoms with van der Waals surface area (Å²) in [6.07, 6.45) is 1.12. The van der Waals surface area contributed by atoms with Crippen LogP contribution in [0.4, 0.5) is 0 Å². The van der Waals surface area contributed by atoms with Gasteiger partial charge in [0, 0.05) is 11.6 Å². The second kappa shape index (κ2) is 6.51. The Hall–Kier alpha value is -1.06. The molecular formula is C13H22N2O. The van der Waals surface area contributed by atoms with E-state index < -0.39 is 0 Å². The monoisotopic (exact) mass is 222 g/mol. The van der Waals surface area contributed by atoms with Crippen molar-refractivity contribution in [1.29, 1.82) is 0 Å². The molecule has 0 heterocycles. The zero-order valence-corrected chi connectivity index (χ0v) is 10.4. The number of hydrogen-bond acceptors (Lipinski definition) is 3. The van der Waals surface area contributed by atoms with Crippen molar-refractivity contribution in [2.24, 2.45) is 0 Å². The van der Waals surface area contributed by atoms with Crippen LogP contribution in [0.5, 0.6) is 5.75 Å². The number of nitrogens with zero attached hydrogens (tertiary/aromatic N) is 1. The van der Waals surface area contributed by atoms with E-state index >= 15 is 0 Å². The van der Waals surface area contributed by atoms with E-state index in [1.165, 1.54) is 0 Å². The average Bonchev–Trinajstić information content (AvgIpc) is 2.24. The summed E-state index contributed by atoms with van der Waals surface area (Å²) in [6, 6.07) is 7.68. The molecule has 3 nitrogen and oxygen atoms in total. The standard InChI is InChI=1S/C13H22N2O/c1-11(14-9-6-10-15(2)3)12-7-4-5-8-13(12)16/h4-5,7-8,11,14,16H,6,9-10H2,1-3H3/t11-/m0/s1. The molecule has 0 fully saturated rings. The fraction of sp³-hybridized carbons (Fsp3) is 0.538. The van der Waals surface area contributed by atoms with Crippen LogP contribution in [0.2, 0.25) is 0 Å². The molecule has 1 rings (SSSR count). The van der Waals surface area contributed by atoms with Gasteiger partial charge in [0.25, 0.3) is 0 Å². The molecule has 0 spiro atoms. The number of nitrogens with one attached hydrogen (secondary N) is 1. The van der Waals surface area contributed by atoms with Crippen molar-refractivity contribution in [2.45, 2.75) is 19.4 Å². The van der Waals surface area contributed by atoms with Gasteiger partial charge in [0.15, 0.2) is 0 Å². The maximum atomic E-state index is 9.68. The van der Waals surface area contributed by atoms with Gasteiger partial charge in [-0.2, -0.15) is 0 Å². The van der Waals surface area contributed by atoms with Crippen molar-refractivity contribution >= 4 is 0 Å². The number of hydrogen-bond donors (Lipinski definition) is 2. The average molecular weight is 222 g/mol. The molecule has 1 aromatic carbocycles. The third kappa shape index (κ3) is 4.21. The highest BCUT2D eigenvalue weighted by Gasteiger charge is 2.07. The third-order valence-corrected chi connectivity index (χ3v) is 2.64. The van der Waals surface area contributed by atoms with Crippen LogP contribution in [0.25, 0.3) is 0 Å². The molecule has 0 aliphatic rings. The molecule has 2 N–H and O–H groups in total. The third-order valence-electron chi connectivity index (χ3n) is 2.64. The Morgan fingerprint density at radius 1 is 1.31 bits per heavy atom. The molecule has 16 heavy (non-hydrogen) atoms. The number of benzene rings is 1. The number of phenolic OH excluding ortho intramolecular Hbond substituents is 1. The van der Waals surface area contributed by atoms with Crippen molar-refractivity contribution in [3.8, 4) is 5.75 Å². The van der Waals surface area contributed by atoms with Crippen molar-refractivity contribution in [2.75, 3.05) is 27.2 Å². The SMILES string of the molecule is C[C@H](NCCCN(C)C)c1ccccc1O. The second-order valence-corrected chi connectivity index (χ2v) is 4.39. The van der Waals surface area contributed by atoms with Gasteiger partial charge in [-0.15, -0.1) is 0 Å². The minimum Gasteiger partial charge on any atom is -0.508 e. The fourth-order valence-corrected chi connectivity index (χ4v) is 1.68. The molecule has 0 saturated heterocycles.